The van der Waals surface area contributed by atoms with Crippen LogP contribution in [0.4, 0.5) is 18.9 Å². The number of halogens is 3. The minimum absolute atomic E-state index is 0.154. The zero-order valence-electron chi connectivity index (χ0n) is 17.9. The normalized spacial score (nSPS) is 15.4. The topological polar surface area (TPSA) is 63.1 Å². The largest absolute Gasteiger partial charge is 0.319 e. The summed E-state index contributed by atoms with van der Waals surface area (Å²) in [4.78, 5) is 25.8. The van der Waals surface area contributed by atoms with Crippen LogP contribution in [-0.4, -0.2) is 16.5 Å². The molecule has 166 valence electrons. The van der Waals surface area contributed by atoms with E-state index in [1.54, 1.807) is 23.7 Å². The molecule has 1 amide bonds. The Hall–Kier alpha value is -3.39. The first-order chi connectivity index (χ1) is 15.2. The lowest BCUT2D eigenvalue weighted by molar-refractivity contribution is 0.102. The maximum absolute atomic E-state index is 14.0. The van der Waals surface area contributed by atoms with Crippen molar-refractivity contribution in [1.82, 2.24) is 9.88 Å². The van der Waals surface area contributed by atoms with E-state index < -0.39 is 29.0 Å². The average Bonchev–Trinajstić information content (AvgIpc) is 2.77. The fourth-order valence-electron chi connectivity index (χ4n) is 3.97. The number of fused-ring (bicyclic) bond motifs is 1. The molecule has 4 rings (SSSR count). The smallest absolute Gasteiger partial charge is 0.258 e. The second-order valence-electron chi connectivity index (χ2n) is 8.09. The van der Waals surface area contributed by atoms with Gasteiger partial charge in [-0.15, -0.1) is 0 Å². The summed E-state index contributed by atoms with van der Waals surface area (Å²) in [5.41, 5.74) is 3.31. The Labute approximate surface area is 182 Å². The molecule has 1 aliphatic heterocycles. The minimum atomic E-state index is -1.66. The van der Waals surface area contributed by atoms with Crippen molar-refractivity contribution in [2.24, 2.45) is 7.05 Å². The van der Waals surface area contributed by atoms with Crippen LogP contribution in [0, 0.1) is 24.4 Å². The molecule has 1 aromatic heterocycles. The van der Waals surface area contributed by atoms with Crippen LogP contribution < -0.4 is 16.2 Å². The van der Waals surface area contributed by atoms with E-state index in [0.29, 0.717) is 17.7 Å². The molecular weight excluding hydrogens is 419 g/mol. The van der Waals surface area contributed by atoms with Crippen molar-refractivity contribution in [3.8, 4) is 11.1 Å². The molecule has 1 atom stereocenters. The summed E-state index contributed by atoms with van der Waals surface area (Å²) >= 11 is 0. The number of anilines is 1. The van der Waals surface area contributed by atoms with Crippen molar-refractivity contribution >= 4 is 11.6 Å². The van der Waals surface area contributed by atoms with Crippen LogP contribution in [0.5, 0.6) is 0 Å². The van der Waals surface area contributed by atoms with E-state index in [2.05, 4.69) is 17.6 Å². The molecule has 32 heavy (non-hydrogen) atoms. The third-order valence-corrected chi connectivity index (χ3v) is 5.84. The van der Waals surface area contributed by atoms with Crippen LogP contribution in [0.15, 0.2) is 41.2 Å². The molecule has 1 unspecified atom stereocenters. The predicted octanol–water partition coefficient (Wildman–Crippen LogP) is 4.06. The number of carbonyl (C=O) groups excluding carboxylic acids is 1. The molecule has 5 nitrogen and oxygen atoms in total. The van der Waals surface area contributed by atoms with E-state index >= 15 is 0 Å². The molecule has 2 heterocycles. The van der Waals surface area contributed by atoms with E-state index in [-0.39, 0.29) is 17.2 Å². The first-order valence-corrected chi connectivity index (χ1v) is 10.2. The van der Waals surface area contributed by atoms with Gasteiger partial charge in [-0.2, -0.15) is 0 Å². The fraction of sp³-hybridized carbons (Fsp3) is 0.250. The summed E-state index contributed by atoms with van der Waals surface area (Å²) in [6, 6.07) is 8.56. The van der Waals surface area contributed by atoms with E-state index in [1.807, 2.05) is 13.0 Å². The molecule has 0 saturated carbocycles. The minimum Gasteiger partial charge on any atom is -0.319 e. The van der Waals surface area contributed by atoms with E-state index in [4.69, 9.17) is 0 Å². The van der Waals surface area contributed by atoms with Crippen LogP contribution in [-0.2, 0) is 20.0 Å². The second-order valence-corrected chi connectivity index (χ2v) is 8.09. The van der Waals surface area contributed by atoms with E-state index in [9.17, 15) is 22.8 Å². The first-order valence-electron chi connectivity index (χ1n) is 10.2. The molecule has 0 spiro atoms. The zero-order valence-corrected chi connectivity index (χ0v) is 17.9. The lowest BCUT2D eigenvalue weighted by Crippen LogP contribution is -2.37. The number of rotatable bonds is 3. The lowest BCUT2D eigenvalue weighted by atomic mass is 9.94. The Balaban J connectivity index is 1.73. The van der Waals surface area contributed by atoms with Gasteiger partial charge in [0.1, 0.15) is 0 Å². The molecule has 8 heteroatoms. The maximum Gasteiger partial charge on any atom is 0.258 e. The Bertz CT molecular complexity index is 1300. The number of pyridine rings is 1. The molecule has 3 aromatic rings. The van der Waals surface area contributed by atoms with Gasteiger partial charge < -0.3 is 15.2 Å². The summed E-state index contributed by atoms with van der Waals surface area (Å²) in [6.45, 7) is 4.51. The van der Waals surface area contributed by atoms with Crippen LogP contribution in [0.1, 0.15) is 34.1 Å². The fourth-order valence-corrected chi connectivity index (χ4v) is 3.97. The number of nitrogens with one attached hydrogen (secondary N) is 2. The van der Waals surface area contributed by atoms with Gasteiger partial charge >= 0.3 is 0 Å². The number of carbonyl (C=O) groups is 1. The van der Waals surface area contributed by atoms with Gasteiger partial charge in [-0.1, -0.05) is 6.07 Å². The zero-order chi connectivity index (χ0) is 23.2. The summed E-state index contributed by atoms with van der Waals surface area (Å²) < 4.78 is 42.2. The predicted molar refractivity (Wildman–Crippen MR) is 116 cm³/mol. The number of nitrogens with zero attached hydrogens (tertiary/aromatic N) is 1. The Morgan fingerprint density at radius 1 is 1.09 bits per heavy atom. The van der Waals surface area contributed by atoms with Gasteiger partial charge in [0.05, 0.1) is 5.69 Å². The van der Waals surface area contributed by atoms with Gasteiger partial charge in [0.2, 0.25) is 0 Å². The van der Waals surface area contributed by atoms with Gasteiger partial charge in [0.25, 0.3) is 11.5 Å². The third-order valence-electron chi connectivity index (χ3n) is 5.84. The first kappa shape index (κ1) is 21.8. The van der Waals surface area contributed by atoms with E-state index in [0.717, 1.165) is 35.4 Å². The summed E-state index contributed by atoms with van der Waals surface area (Å²) in [5.74, 6) is -5.18. The second kappa shape index (κ2) is 8.27. The Kier molecular flexibility index (Phi) is 5.64. The number of aromatic nitrogens is 1. The van der Waals surface area contributed by atoms with Gasteiger partial charge in [0, 0.05) is 42.9 Å². The van der Waals surface area contributed by atoms with Crippen molar-refractivity contribution < 1.29 is 18.0 Å². The molecule has 0 saturated heterocycles. The van der Waals surface area contributed by atoms with Crippen molar-refractivity contribution in [2.45, 2.75) is 32.9 Å². The van der Waals surface area contributed by atoms with Crippen molar-refractivity contribution in [3.63, 3.8) is 0 Å². The third kappa shape index (κ3) is 3.82. The summed E-state index contributed by atoms with van der Waals surface area (Å²) in [6.07, 6.45) is 0.739. The van der Waals surface area contributed by atoms with Crippen LogP contribution in [0.2, 0.25) is 0 Å². The SMILES string of the molecule is Cc1ccc(C(=O)Nc2ccc(F)c(F)c2F)cc1-c1cc2c(n(C)c1=O)CC(C)NC2. The van der Waals surface area contributed by atoms with Crippen molar-refractivity contribution in [3.05, 3.63) is 86.6 Å². The van der Waals surface area contributed by atoms with Gasteiger partial charge in [-0.05, 0) is 60.9 Å². The molecule has 0 bridgehead atoms. The number of hydrogen-bond acceptors (Lipinski definition) is 3. The molecule has 0 fully saturated rings. The number of amides is 1. The lowest BCUT2D eigenvalue weighted by Gasteiger charge is -2.26. The van der Waals surface area contributed by atoms with Gasteiger partial charge in [0.15, 0.2) is 17.5 Å². The number of hydrogen-bond donors (Lipinski definition) is 2. The number of benzene rings is 2. The van der Waals surface area contributed by atoms with Crippen molar-refractivity contribution in [2.75, 3.05) is 5.32 Å². The van der Waals surface area contributed by atoms with Gasteiger partial charge in [-0.25, -0.2) is 13.2 Å². The molecule has 0 radical (unpaired) electrons. The van der Waals surface area contributed by atoms with Crippen LogP contribution in [0.25, 0.3) is 11.1 Å². The summed E-state index contributed by atoms with van der Waals surface area (Å²) in [5, 5.41) is 5.64. The van der Waals surface area contributed by atoms with Crippen LogP contribution >= 0.6 is 0 Å². The van der Waals surface area contributed by atoms with Gasteiger partial charge in [-0.3, -0.25) is 9.59 Å². The Morgan fingerprint density at radius 3 is 2.59 bits per heavy atom. The molecular formula is C24H22F3N3O2. The quantitative estimate of drug-likeness (QED) is 0.603. The highest BCUT2D eigenvalue weighted by molar-refractivity contribution is 6.05. The highest BCUT2D eigenvalue weighted by Gasteiger charge is 2.22. The van der Waals surface area contributed by atoms with Crippen LogP contribution in [0.3, 0.4) is 0 Å². The summed E-state index contributed by atoms with van der Waals surface area (Å²) in [7, 11) is 1.74. The highest BCUT2D eigenvalue weighted by Crippen LogP contribution is 2.27. The average molecular weight is 441 g/mol. The van der Waals surface area contributed by atoms with E-state index in [1.165, 1.54) is 6.07 Å². The Morgan fingerprint density at radius 2 is 1.84 bits per heavy atom. The monoisotopic (exact) mass is 441 g/mol. The molecule has 2 N–H and O–H groups in total. The number of aryl methyl sites for hydroxylation is 1. The highest BCUT2D eigenvalue weighted by atomic mass is 19.2. The maximum atomic E-state index is 14.0. The van der Waals surface area contributed by atoms with Crippen molar-refractivity contribution in [1.29, 1.82) is 0 Å². The molecule has 0 aliphatic carbocycles. The molecule has 1 aliphatic rings. The molecule has 2 aromatic carbocycles. The standard InChI is InChI=1S/C24H22F3N3O2/c1-12-4-5-14(23(31)29-19-7-6-18(25)21(26)22(19)27)9-16(12)17-10-15-11-28-13(2)8-20(15)30(3)24(17)32/h4-7,9-10,13,28H,8,11H2,1-3H3,(H,29,31).